The van der Waals surface area contributed by atoms with Gasteiger partial charge in [-0.05, 0) is 42.3 Å². The fraction of sp³-hybridized carbons (Fsp3) is 0.143. The molecule has 4 rings (SSSR count). The van der Waals surface area contributed by atoms with Crippen LogP contribution < -0.4 is 14.8 Å². The van der Waals surface area contributed by atoms with E-state index in [4.69, 9.17) is 9.47 Å². The first-order valence-electron chi connectivity index (χ1n) is 11.4. The first-order valence-corrected chi connectivity index (χ1v) is 11.4. The largest absolute Gasteiger partial charge is 0.496 e. The Morgan fingerprint density at radius 2 is 1.82 bits per heavy atom. The van der Waals surface area contributed by atoms with Crippen molar-refractivity contribution in [3.8, 4) is 11.5 Å². The first kappa shape index (κ1) is 26.5. The van der Waals surface area contributed by atoms with Crippen molar-refractivity contribution in [3.05, 3.63) is 113 Å². The molecule has 0 radical (unpaired) electrons. The Kier molecular flexibility index (Phi) is 8.10. The number of carbonyl (C=O) groups is 1. The lowest BCUT2D eigenvalue weighted by atomic mass is 10.1. The fourth-order valence-electron chi connectivity index (χ4n) is 3.67. The minimum atomic E-state index is -1.77. The van der Waals surface area contributed by atoms with E-state index in [1.54, 1.807) is 25.3 Å². The normalized spacial score (nSPS) is 11.1. The van der Waals surface area contributed by atoms with E-state index in [0.717, 1.165) is 27.1 Å². The van der Waals surface area contributed by atoms with Gasteiger partial charge in [-0.1, -0.05) is 24.3 Å². The number of methoxy groups -OCH3 is 1. The van der Waals surface area contributed by atoms with Gasteiger partial charge in [0.25, 0.3) is 0 Å². The highest BCUT2D eigenvalue weighted by Gasteiger charge is 2.19. The molecule has 1 amide bonds. The molecule has 0 atom stereocenters. The van der Waals surface area contributed by atoms with Gasteiger partial charge in [-0.15, -0.1) is 0 Å². The number of ether oxygens (including phenoxy) is 2. The Balaban J connectivity index is 1.40. The van der Waals surface area contributed by atoms with Gasteiger partial charge in [0, 0.05) is 29.5 Å². The lowest BCUT2D eigenvalue weighted by Crippen LogP contribution is -2.09. The molecule has 1 aromatic heterocycles. The van der Waals surface area contributed by atoms with Crippen molar-refractivity contribution in [2.24, 2.45) is 0 Å². The number of benzene rings is 3. The van der Waals surface area contributed by atoms with Crippen molar-refractivity contribution in [3.63, 3.8) is 0 Å². The summed E-state index contributed by atoms with van der Waals surface area (Å²) in [5.74, 6) is -5.35. The quantitative estimate of drug-likeness (QED) is 0.125. The van der Waals surface area contributed by atoms with E-state index in [0.29, 0.717) is 5.75 Å². The van der Waals surface area contributed by atoms with E-state index >= 15 is 0 Å². The highest BCUT2D eigenvalue weighted by Crippen LogP contribution is 2.25. The van der Waals surface area contributed by atoms with Gasteiger partial charge in [0.15, 0.2) is 17.5 Å². The lowest BCUT2D eigenvalue weighted by Gasteiger charge is -2.12. The SMILES string of the molecule is COc1ccc(/C=C/C(=O)Nc2cnn(Cc3c(F)cc(F)c(F)c3F)c2)cc1COc1ccccc1C. The summed E-state index contributed by atoms with van der Waals surface area (Å²) >= 11 is 0. The lowest BCUT2D eigenvalue weighted by molar-refractivity contribution is -0.111. The van der Waals surface area contributed by atoms with Gasteiger partial charge in [-0.25, -0.2) is 17.6 Å². The van der Waals surface area contributed by atoms with Crippen molar-refractivity contribution in [1.82, 2.24) is 9.78 Å². The maximum atomic E-state index is 13.9. The zero-order chi connectivity index (χ0) is 27.2. The van der Waals surface area contributed by atoms with Crippen molar-refractivity contribution in [2.75, 3.05) is 12.4 Å². The van der Waals surface area contributed by atoms with Crippen LogP contribution in [0.15, 0.2) is 67.0 Å². The molecular formula is C28H23F4N3O3. The first-order chi connectivity index (χ1) is 18.2. The number of para-hydroxylation sites is 1. The summed E-state index contributed by atoms with van der Waals surface area (Å²) < 4.78 is 66.8. The third kappa shape index (κ3) is 6.20. The zero-order valence-electron chi connectivity index (χ0n) is 20.5. The number of anilines is 1. The molecule has 1 N–H and O–H groups in total. The number of carbonyl (C=O) groups excluding carboxylic acids is 1. The van der Waals surface area contributed by atoms with Crippen molar-refractivity contribution in [1.29, 1.82) is 0 Å². The predicted molar refractivity (Wildman–Crippen MR) is 134 cm³/mol. The molecular weight excluding hydrogens is 502 g/mol. The molecule has 196 valence electrons. The molecule has 4 aromatic rings. The molecule has 0 unspecified atom stereocenters. The maximum absolute atomic E-state index is 13.9. The summed E-state index contributed by atoms with van der Waals surface area (Å²) in [5.41, 5.74) is 2.07. The Morgan fingerprint density at radius 1 is 1.03 bits per heavy atom. The van der Waals surface area contributed by atoms with E-state index in [-0.39, 0.29) is 18.4 Å². The summed E-state index contributed by atoms with van der Waals surface area (Å²) in [6.45, 7) is 1.72. The molecule has 1 heterocycles. The van der Waals surface area contributed by atoms with E-state index in [2.05, 4.69) is 10.4 Å². The summed E-state index contributed by atoms with van der Waals surface area (Å²) in [6, 6.07) is 13.3. The van der Waals surface area contributed by atoms with Crippen molar-refractivity contribution < 1.29 is 31.8 Å². The number of aromatic nitrogens is 2. The zero-order valence-corrected chi connectivity index (χ0v) is 20.5. The number of amides is 1. The van der Waals surface area contributed by atoms with Crippen LogP contribution in [0.3, 0.4) is 0 Å². The fourth-order valence-corrected chi connectivity index (χ4v) is 3.67. The van der Waals surface area contributed by atoms with Crippen LogP contribution in [0.2, 0.25) is 0 Å². The standard InChI is InChI=1S/C28H23F4N3O3/c1-17-5-3-4-6-24(17)38-16-19-11-18(7-9-25(19)37-2)8-10-26(36)34-20-13-33-35(14-20)15-21-22(29)12-23(30)28(32)27(21)31/h3-14H,15-16H2,1-2H3,(H,34,36)/b10-8+. The average molecular weight is 526 g/mol. The number of nitrogens with zero attached hydrogens (tertiary/aromatic N) is 2. The number of aryl methyl sites for hydroxylation is 1. The summed E-state index contributed by atoms with van der Waals surface area (Å²) in [6.07, 6.45) is 5.47. The van der Waals surface area contributed by atoms with E-state index < -0.39 is 41.3 Å². The number of hydrogen-bond donors (Lipinski definition) is 1. The molecule has 0 aliphatic heterocycles. The molecule has 10 heteroatoms. The Morgan fingerprint density at radius 3 is 2.58 bits per heavy atom. The average Bonchev–Trinajstić information content (AvgIpc) is 3.35. The Bertz CT molecular complexity index is 1500. The van der Waals surface area contributed by atoms with Crippen molar-refractivity contribution in [2.45, 2.75) is 20.1 Å². The Labute approximate surface area is 216 Å². The third-order valence-electron chi connectivity index (χ3n) is 5.64. The van der Waals surface area contributed by atoms with Gasteiger partial charge in [-0.3, -0.25) is 9.48 Å². The maximum Gasteiger partial charge on any atom is 0.248 e. The van der Waals surface area contributed by atoms with Gasteiger partial charge >= 0.3 is 0 Å². The second-order valence-corrected chi connectivity index (χ2v) is 8.32. The molecule has 0 fully saturated rings. The monoisotopic (exact) mass is 525 g/mol. The van der Waals surface area contributed by atoms with Crippen LogP contribution >= 0.6 is 0 Å². The topological polar surface area (TPSA) is 65.4 Å². The minimum Gasteiger partial charge on any atom is -0.496 e. The molecule has 3 aromatic carbocycles. The Hall–Kier alpha value is -4.60. The summed E-state index contributed by atoms with van der Waals surface area (Å²) in [4.78, 5) is 12.4. The van der Waals surface area contributed by atoms with Gasteiger partial charge in [0.05, 0.1) is 25.5 Å². The van der Waals surface area contributed by atoms with Gasteiger partial charge in [0.1, 0.15) is 23.9 Å². The molecule has 0 bridgehead atoms. The molecule has 6 nitrogen and oxygen atoms in total. The van der Waals surface area contributed by atoms with E-state index in [1.165, 1.54) is 18.5 Å². The predicted octanol–water partition coefficient (Wildman–Crippen LogP) is 6.04. The molecule has 0 aliphatic carbocycles. The highest BCUT2D eigenvalue weighted by atomic mass is 19.2. The van der Waals surface area contributed by atoms with E-state index in [1.807, 2.05) is 37.3 Å². The van der Waals surface area contributed by atoms with Gasteiger partial charge in [-0.2, -0.15) is 5.10 Å². The summed E-state index contributed by atoms with van der Waals surface area (Å²) in [5, 5.41) is 6.48. The minimum absolute atomic E-state index is 0.241. The molecule has 38 heavy (non-hydrogen) atoms. The summed E-state index contributed by atoms with van der Waals surface area (Å²) in [7, 11) is 1.56. The van der Waals surface area contributed by atoms with Gasteiger partial charge < -0.3 is 14.8 Å². The number of halogens is 4. The van der Waals surface area contributed by atoms with Crippen LogP contribution in [0, 0.1) is 30.2 Å². The second kappa shape index (κ2) is 11.6. The van der Waals surface area contributed by atoms with Gasteiger partial charge in [0.2, 0.25) is 5.91 Å². The van der Waals surface area contributed by atoms with E-state index in [9.17, 15) is 22.4 Å². The van der Waals surface area contributed by atoms with Crippen molar-refractivity contribution >= 4 is 17.7 Å². The van der Waals surface area contributed by atoms with Crippen LogP contribution in [-0.4, -0.2) is 22.8 Å². The van der Waals surface area contributed by atoms with Crippen LogP contribution in [0.1, 0.15) is 22.3 Å². The smallest absolute Gasteiger partial charge is 0.248 e. The molecule has 0 saturated carbocycles. The number of hydrogen-bond acceptors (Lipinski definition) is 4. The van der Waals surface area contributed by atoms with Crippen LogP contribution in [0.25, 0.3) is 6.08 Å². The third-order valence-corrected chi connectivity index (χ3v) is 5.64. The molecule has 0 aliphatic rings. The molecule has 0 spiro atoms. The number of rotatable bonds is 9. The number of nitrogens with one attached hydrogen (secondary N) is 1. The second-order valence-electron chi connectivity index (χ2n) is 8.32. The highest BCUT2D eigenvalue weighted by molar-refractivity contribution is 6.01. The molecule has 0 saturated heterocycles. The van der Waals surface area contributed by atoms with Crippen LogP contribution in [-0.2, 0) is 17.9 Å². The van der Waals surface area contributed by atoms with Crippen LogP contribution in [0.4, 0.5) is 23.2 Å². The van der Waals surface area contributed by atoms with Crippen LogP contribution in [0.5, 0.6) is 11.5 Å².